The molecule has 2 aromatic heterocycles. The Labute approximate surface area is 145 Å². The fourth-order valence-corrected chi connectivity index (χ4v) is 5.38. The van der Waals surface area contributed by atoms with Crippen LogP contribution in [0.3, 0.4) is 0 Å². The zero-order chi connectivity index (χ0) is 15.4. The molecule has 0 N–H and O–H groups in total. The Balaban J connectivity index is 1.81. The lowest BCUT2D eigenvalue weighted by atomic mass is 10.1. The Hall–Kier alpha value is -1.94. The van der Waals surface area contributed by atoms with Gasteiger partial charge in [-0.1, -0.05) is 54.1 Å². The molecule has 0 spiro atoms. The van der Waals surface area contributed by atoms with Gasteiger partial charge in [0.1, 0.15) is 5.01 Å². The number of hydrogen-bond donors (Lipinski definition) is 0. The van der Waals surface area contributed by atoms with E-state index in [1.807, 2.05) is 18.2 Å². The maximum atomic E-state index is 6.34. The van der Waals surface area contributed by atoms with Gasteiger partial charge in [-0.15, -0.1) is 22.7 Å². The lowest BCUT2D eigenvalue weighted by Gasteiger charge is -1.93. The summed E-state index contributed by atoms with van der Waals surface area (Å²) in [4.78, 5) is 4.83. The summed E-state index contributed by atoms with van der Waals surface area (Å²) in [6.45, 7) is 0. The lowest BCUT2D eigenvalue weighted by molar-refractivity contribution is 1.48. The number of thiazole rings is 1. The fourth-order valence-electron chi connectivity index (χ4n) is 2.89. The molecule has 5 rings (SSSR count). The van der Waals surface area contributed by atoms with E-state index in [1.54, 1.807) is 22.7 Å². The molecule has 0 bridgehead atoms. The zero-order valence-electron chi connectivity index (χ0n) is 11.9. The molecular formula is C19H10ClNS2. The maximum Gasteiger partial charge on any atom is 0.124 e. The van der Waals surface area contributed by atoms with E-state index in [0.29, 0.717) is 0 Å². The maximum absolute atomic E-state index is 6.34. The number of nitrogens with zero attached hydrogens (tertiary/aromatic N) is 1. The highest BCUT2D eigenvalue weighted by atomic mass is 35.5. The highest BCUT2D eigenvalue weighted by molar-refractivity contribution is 7.27. The molecule has 0 aliphatic carbocycles. The van der Waals surface area contributed by atoms with Crippen molar-refractivity contribution in [2.24, 2.45) is 0 Å². The molecule has 0 unspecified atom stereocenters. The first-order chi connectivity index (χ1) is 11.3. The predicted octanol–water partition coefficient (Wildman–Crippen LogP) is 6.98. The van der Waals surface area contributed by atoms with Crippen molar-refractivity contribution in [2.45, 2.75) is 0 Å². The largest absolute Gasteiger partial charge is 0.236 e. The van der Waals surface area contributed by atoms with Gasteiger partial charge in [-0.05, 0) is 18.2 Å². The number of hydrogen-bond acceptors (Lipinski definition) is 3. The number of benzene rings is 3. The molecule has 3 aromatic carbocycles. The summed E-state index contributed by atoms with van der Waals surface area (Å²) < 4.78 is 3.65. The van der Waals surface area contributed by atoms with Gasteiger partial charge in [0, 0.05) is 21.0 Å². The third kappa shape index (κ3) is 2.08. The van der Waals surface area contributed by atoms with Gasteiger partial charge in [-0.2, -0.15) is 0 Å². The first kappa shape index (κ1) is 13.5. The second-order valence-electron chi connectivity index (χ2n) is 5.42. The minimum Gasteiger partial charge on any atom is -0.236 e. The second-order valence-corrected chi connectivity index (χ2v) is 7.91. The monoisotopic (exact) mass is 351 g/mol. The number of rotatable bonds is 1. The van der Waals surface area contributed by atoms with Gasteiger partial charge < -0.3 is 0 Å². The molecule has 2 heterocycles. The summed E-state index contributed by atoms with van der Waals surface area (Å²) in [5.41, 5.74) is 2.23. The Kier molecular flexibility index (Phi) is 2.95. The molecule has 0 aliphatic heterocycles. The molecule has 4 heteroatoms. The van der Waals surface area contributed by atoms with Gasteiger partial charge in [-0.25, -0.2) is 4.98 Å². The van der Waals surface area contributed by atoms with Crippen LogP contribution in [-0.4, -0.2) is 4.98 Å². The van der Waals surface area contributed by atoms with Crippen LogP contribution in [0.4, 0.5) is 0 Å². The number of aromatic nitrogens is 1. The average molecular weight is 352 g/mol. The topological polar surface area (TPSA) is 12.9 Å². The van der Waals surface area contributed by atoms with Crippen LogP contribution in [0, 0.1) is 0 Å². The van der Waals surface area contributed by atoms with Crippen molar-refractivity contribution in [3.8, 4) is 10.6 Å². The molecule has 0 fully saturated rings. The third-order valence-corrected chi connectivity index (χ3v) is 6.68. The SMILES string of the molecule is Clc1cccc2c1sc1cc3sc(-c4ccccc4)nc3cc12. The van der Waals surface area contributed by atoms with Gasteiger partial charge in [0.15, 0.2) is 0 Å². The Morgan fingerprint density at radius 3 is 2.52 bits per heavy atom. The summed E-state index contributed by atoms with van der Waals surface area (Å²) in [6, 6.07) is 20.9. The van der Waals surface area contributed by atoms with E-state index in [0.717, 1.165) is 20.2 Å². The standard InChI is InChI=1S/C19H10ClNS2/c20-14-8-4-7-12-13-9-15-17(10-16(13)22-18(12)14)23-19(21-15)11-5-2-1-3-6-11/h1-10H. The van der Waals surface area contributed by atoms with Crippen LogP contribution in [0.1, 0.15) is 0 Å². The smallest absolute Gasteiger partial charge is 0.124 e. The Morgan fingerprint density at radius 2 is 1.65 bits per heavy atom. The van der Waals surface area contributed by atoms with E-state index in [2.05, 4.69) is 42.5 Å². The van der Waals surface area contributed by atoms with Gasteiger partial charge >= 0.3 is 0 Å². The molecule has 0 saturated carbocycles. The van der Waals surface area contributed by atoms with Gasteiger partial charge in [0.05, 0.1) is 19.9 Å². The molecular weight excluding hydrogens is 342 g/mol. The van der Waals surface area contributed by atoms with E-state index >= 15 is 0 Å². The van der Waals surface area contributed by atoms with Crippen molar-refractivity contribution in [1.82, 2.24) is 4.98 Å². The number of thiophene rings is 1. The molecule has 0 amide bonds. The minimum atomic E-state index is 0.824. The van der Waals surface area contributed by atoms with E-state index < -0.39 is 0 Å². The van der Waals surface area contributed by atoms with Crippen molar-refractivity contribution >= 4 is 64.7 Å². The minimum absolute atomic E-state index is 0.824. The summed E-state index contributed by atoms with van der Waals surface area (Å²) >= 11 is 9.83. The average Bonchev–Trinajstić information content (AvgIpc) is 3.15. The molecule has 5 aromatic rings. The van der Waals surface area contributed by atoms with Gasteiger partial charge in [-0.3, -0.25) is 0 Å². The van der Waals surface area contributed by atoms with Crippen molar-refractivity contribution in [1.29, 1.82) is 0 Å². The molecule has 0 atom stereocenters. The van der Waals surface area contributed by atoms with Crippen LogP contribution in [-0.2, 0) is 0 Å². The van der Waals surface area contributed by atoms with Crippen LogP contribution >= 0.6 is 34.3 Å². The van der Waals surface area contributed by atoms with Gasteiger partial charge in [0.2, 0.25) is 0 Å². The number of halogens is 1. The van der Waals surface area contributed by atoms with Crippen LogP contribution in [0.5, 0.6) is 0 Å². The molecule has 110 valence electrons. The van der Waals surface area contributed by atoms with Crippen LogP contribution in [0.2, 0.25) is 5.02 Å². The highest BCUT2D eigenvalue weighted by Gasteiger charge is 2.12. The summed E-state index contributed by atoms with van der Waals surface area (Å²) in [6.07, 6.45) is 0. The van der Waals surface area contributed by atoms with E-state index in [4.69, 9.17) is 16.6 Å². The zero-order valence-corrected chi connectivity index (χ0v) is 14.3. The van der Waals surface area contributed by atoms with Gasteiger partial charge in [0.25, 0.3) is 0 Å². The molecule has 0 saturated heterocycles. The quantitative estimate of drug-likeness (QED) is 0.317. The second kappa shape index (κ2) is 5.03. The molecule has 0 aliphatic rings. The van der Waals surface area contributed by atoms with Crippen LogP contribution in [0.25, 0.3) is 41.0 Å². The van der Waals surface area contributed by atoms with Crippen LogP contribution in [0.15, 0.2) is 60.7 Å². The summed E-state index contributed by atoms with van der Waals surface area (Å²) in [5.74, 6) is 0. The highest BCUT2D eigenvalue weighted by Crippen LogP contribution is 2.41. The van der Waals surface area contributed by atoms with Crippen molar-refractivity contribution in [3.05, 3.63) is 65.7 Å². The summed E-state index contributed by atoms with van der Waals surface area (Å²) in [5, 5.41) is 4.35. The van der Waals surface area contributed by atoms with E-state index in [-0.39, 0.29) is 0 Å². The number of fused-ring (bicyclic) bond motifs is 4. The molecule has 1 nitrogen and oxygen atoms in total. The molecule has 0 radical (unpaired) electrons. The first-order valence-electron chi connectivity index (χ1n) is 7.26. The third-order valence-electron chi connectivity index (χ3n) is 3.98. The molecule has 23 heavy (non-hydrogen) atoms. The van der Waals surface area contributed by atoms with Crippen molar-refractivity contribution in [3.63, 3.8) is 0 Å². The normalized spacial score (nSPS) is 11.7. The summed E-state index contributed by atoms with van der Waals surface area (Å²) in [7, 11) is 0. The Bertz CT molecular complexity index is 1170. The van der Waals surface area contributed by atoms with Crippen LogP contribution < -0.4 is 0 Å². The van der Waals surface area contributed by atoms with E-state index in [1.165, 1.54) is 25.7 Å². The fraction of sp³-hybridized carbons (Fsp3) is 0. The van der Waals surface area contributed by atoms with Crippen molar-refractivity contribution < 1.29 is 0 Å². The first-order valence-corrected chi connectivity index (χ1v) is 9.27. The predicted molar refractivity (Wildman–Crippen MR) is 103 cm³/mol. The Morgan fingerprint density at radius 1 is 0.783 bits per heavy atom. The van der Waals surface area contributed by atoms with E-state index in [9.17, 15) is 0 Å². The van der Waals surface area contributed by atoms with Crippen molar-refractivity contribution in [2.75, 3.05) is 0 Å². The lowest BCUT2D eigenvalue weighted by Crippen LogP contribution is -1.74.